The minimum Gasteiger partial charge on any atom is -0.391 e. The largest absolute Gasteiger partial charge is 0.391 e. The molecular formula is C12H21N3O3. The summed E-state index contributed by atoms with van der Waals surface area (Å²) in [6.07, 6.45) is 0.460. The summed E-state index contributed by atoms with van der Waals surface area (Å²) in [5.74, 6) is 1.15. The van der Waals surface area contributed by atoms with Crippen LogP contribution in [0.15, 0.2) is 4.52 Å². The van der Waals surface area contributed by atoms with Crippen molar-refractivity contribution in [1.82, 2.24) is 10.1 Å². The molecule has 2 atom stereocenters. The van der Waals surface area contributed by atoms with Crippen LogP contribution in [0.5, 0.6) is 0 Å². The highest BCUT2D eigenvalue weighted by molar-refractivity contribution is 5.27. The van der Waals surface area contributed by atoms with Crippen molar-refractivity contribution in [3.63, 3.8) is 0 Å². The van der Waals surface area contributed by atoms with Crippen LogP contribution < -0.4 is 4.90 Å². The van der Waals surface area contributed by atoms with E-state index in [-0.39, 0.29) is 11.8 Å². The van der Waals surface area contributed by atoms with Gasteiger partial charge >= 0.3 is 6.01 Å². The number of nitrogens with zero attached hydrogens (tertiary/aromatic N) is 3. The predicted octanol–water partition coefficient (Wildman–Crippen LogP) is 1.03. The molecule has 1 aliphatic rings. The molecule has 1 N–H and O–H groups in total. The van der Waals surface area contributed by atoms with Gasteiger partial charge in [0, 0.05) is 32.0 Å². The zero-order valence-corrected chi connectivity index (χ0v) is 11.2. The van der Waals surface area contributed by atoms with Crippen LogP contribution >= 0.6 is 0 Å². The number of hydrogen-bond acceptors (Lipinski definition) is 6. The zero-order valence-electron chi connectivity index (χ0n) is 11.2. The second-order valence-electron chi connectivity index (χ2n) is 5.11. The van der Waals surface area contributed by atoms with E-state index in [4.69, 9.17) is 9.26 Å². The molecule has 1 fully saturated rings. The molecule has 1 aromatic heterocycles. The zero-order chi connectivity index (χ0) is 13.1. The Labute approximate surface area is 107 Å². The van der Waals surface area contributed by atoms with Crippen LogP contribution in [0.1, 0.15) is 32.0 Å². The SMILES string of the molecule is COC[C@@H]1CCN(c2nc(C(C)C)no2)C[C@@H]1O. The second-order valence-corrected chi connectivity index (χ2v) is 5.11. The van der Waals surface area contributed by atoms with Crippen molar-refractivity contribution in [1.29, 1.82) is 0 Å². The highest BCUT2D eigenvalue weighted by atomic mass is 16.5. The fourth-order valence-electron chi connectivity index (χ4n) is 2.15. The molecule has 0 spiro atoms. The molecule has 2 heterocycles. The summed E-state index contributed by atoms with van der Waals surface area (Å²) in [6, 6.07) is 0.508. The van der Waals surface area contributed by atoms with Gasteiger partial charge in [-0.05, 0) is 6.42 Å². The fourth-order valence-corrected chi connectivity index (χ4v) is 2.15. The van der Waals surface area contributed by atoms with Gasteiger partial charge in [-0.2, -0.15) is 4.98 Å². The van der Waals surface area contributed by atoms with E-state index in [1.165, 1.54) is 0 Å². The lowest BCUT2D eigenvalue weighted by molar-refractivity contribution is 0.0358. The third-order valence-corrected chi connectivity index (χ3v) is 3.32. The Hall–Kier alpha value is -1.14. The molecule has 0 unspecified atom stereocenters. The summed E-state index contributed by atoms with van der Waals surface area (Å²) in [7, 11) is 1.66. The van der Waals surface area contributed by atoms with Crippen LogP contribution in [0, 0.1) is 5.92 Å². The van der Waals surface area contributed by atoms with Gasteiger partial charge in [-0.25, -0.2) is 0 Å². The molecule has 102 valence electrons. The van der Waals surface area contributed by atoms with Crippen molar-refractivity contribution in [2.45, 2.75) is 32.3 Å². The maximum Gasteiger partial charge on any atom is 0.324 e. The van der Waals surface area contributed by atoms with Crippen molar-refractivity contribution in [3.05, 3.63) is 5.82 Å². The number of hydrogen-bond donors (Lipinski definition) is 1. The number of ether oxygens (including phenoxy) is 1. The van der Waals surface area contributed by atoms with Crippen LogP contribution in [0.2, 0.25) is 0 Å². The van der Waals surface area contributed by atoms with Gasteiger partial charge in [-0.1, -0.05) is 19.0 Å². The van der Waals surface area contributed by atoms with Gasteiger partial charge in [0.2, 0.25) is 0 Å². The van der Waals surface area contributed by atoms with Gasteiger partial charge in [-0.15, -0.1) is 0 Å². The number of aromatic nitrogens is 2. The fraction of sp³-hybridized carbons (Fsp3) is 0.833. The maximum atomic E-state index is 10.0. The van der Waals surface area contributed by atoms with Crippen LogP contribution in [-0.4, -0.2) is 48.2 Å². The van der Waals surface area contributed by atoms with E-state index in [0.29, 0.717) is 25.0 Å². The Morgan fingerprint density at radius 3 is 2.89 bits per heavy atom. The minimum absolute atomic E-state index is 0.193. The molecule has 0 aliphatic carbocycles. The quantitative estimate of drug-likeness (QED) is 0.866. The van der Waals surface area contributed by atoms with E-state index in [1.54, 1.807) is 7.11 Å². The summed E-state index contributed by atoms with van der Waals surface area (Å²) in [5, 5.41) is 14.0. The van der Waals surface area contributed by atoms with Gasteiger partial charge < -0.3 is 19.3 Å². The van der Waals surface area contributed by atoms with Crippen LogP contribution in [0.3, 0.4) is 0 Å². The number of piperidine rings is 1. The van der Waals surface area contributed by atoms with Crippen molar-refractivity contribution in [2.75, 3.05) is 31.7 Å². The van der Waals surface area contributed by atoms with Gasteiger partial charge in [0.1, 0.15) is 0 Å². The van der Waals surface area contributed by atoms with Crippen molar-refractivity contribution >= 4 is 6.01 Å². The number of aliphatic hydroxyl groups excluding tert-OH is 1. The monoisotopic (exact) mass is 255 g/mol. The Morgan fingerprint density at radius 1 is 1.56 bits per heavy atom. The first-order chi connectivity index (χ1) is 8.61. The molecule has 6 nitrogen and oxygen atoms in total. The predicted molar refractivity (Wildman–Crippen MR) is 66.6 cm³/mol. The molecule has 1 aliphatic heterocycles. The van der Waals surface area contributed by atoms with E-state index in [0.717, 1.165) is 13.0 Å². The first kappa shape index (κ1) is 13.3. The highest BCUT2D eigenvalue weighted by Gasteiger charge is 2.30. The van der Waals surface area contributed by atoms with Crippen molar-refractivity contribution in [3.8, 4) is 0 Å². The summed E-state index contributed by atoms with van der Waals surface area (Å²) in [6.45, 7) is 5.97. The third kappa shape index (κ3) is 2.81. The first-order valence-electron chi connectivity index (χ1n) is 6.37. The summed E-state index contributed by atoms with van der Waals surface area (Å²) in [4.78, 5) is 6.28. The molecule has 0 bridgehead atoms. The van der Waals surface area contributed by atoms with E-state index in [1.807, 2.05) is 18.7 Å². The van der Waals surface area contributed by atoms with Gasteiger partial charge in [-0.3, -0.25) is 0 Å². The van der Waals surface area contributed by atoms with Crippen molar-refractivity contribution in [2.24, 2.45) is 5.92 Å². The normalized spacial score (nSPS) is 24.8. The average molecular weight is 255 g/mol. The number of anilines is 1. The lowest BCUT2D eigenvalue weighted by Crippen LogP contribution is -2.45. The molecule has 6 heteroatoms. The molecule has 0 amide bonds. The molecule has 0 radical (unpaired) electrons. The van der Waals surface area contributed by atoms with Crippen LogP contribution in [0.25, 0.3) is 0 Å². The molecule has 18 heavy (non-hydrogen) atoms. The Morgan fingerprint density at radius 2 is 2.33 bits per heavy atom. The second kappa shape index (κ2) is 5.67. The Bertz CT molecular complexity index is 380. The third-order valence-electron chi connectivity index (χ3n) is 3.32. The lowest BCUT2D eigenvalue weighted by atomic mass is 9.95. The minimum atomic E-state index is -0.409. The average Bonchev–Trinajstić information content (AvgIpc) is 2.81. The van der Waals surface area contributed by atoms with E-state index in [2.05, 4.69) is 10.1 Å². The molecule has 2 rings (SSSR count). The molecule has 0 saturated carbocycles. The summed E-state index contributed by atoms with van der Waals surface area (Å²) < 4.78 is 10.3. The smallest absolute Gasteiger partial charge is 0.324 e. The molecule has 1 saturated heterocycles. The summed E-state index contributed by atoms with van der Waals surface area (Å²) >= 11 is 0. The standard InChI is InChI=1S/C12H21N3O3/c1-8(2)11-13-12(18-14-11)15-5-4-9(7-17-3)10(16)6-15/h8-10,16H,4-7H2,1-3H3/t9-,10-/m0/s1. The van der Waals surface area contributed by atoms with Crippen molar-refractivity contribution < 1.29 is 14.4 Å². The van der Waals surface area contributed by atoms with E-state index in [9.17, 15) is 5.11 Å². The summed E-state index contributed by atoms with van der Waals surface area (Å²) in [5.41, 5.74) is 0. The highest BCUT2D eigenvalue weighted by Crippen LogP contribution is 2.23. The number of β-amino-alcohol motifs (C(OH)–C–C–N with tert-alkyl or cyclic N) is 1. The van der Waals surface area contributed by atoms with Gasteiger partial charge in [0.05, 0.1) is 12.7 Å². The molecule has 1 aromatic rings. The number of methoxy groups -OCH3 is 1. The Kier molecular flexibility index (Phi) is 4.19. The molecule has 0 aromatic carbocycles. The van der Waals surface area contributed by atoms with Gasteiger partial charge in [0.15, 0.2) is 5.82 Å². The maximum absolute atomic E-state index is 10.0. The Balaban J connectivity index is 1.98. The van der Waals surface area contributed by atoms with Gasteiger partial charge in [0.25, 0.3) is 0 Å². The van der Waals surface area contributed by atoms with Crippen LogP contribution in [0.4, 0.5) is 6.01 Å². The first-order valence-corrected chi connectivity index (χ1v) is 6.37. The number of rotatable bonds is 4. The topological polar surface area (TPSA) is 71.6 Å². The lowest BCUT2D eigenvalue weighted by Gasteiger charge is -2.34. The molecular weight excluding hydrogens is 234 g/mol. The van der Waals surface area contributed by atoms with Crippen LogP contribution in [-0.2, 0) is 4.74 Å². The van der Waals surface area contributed by atoms with E-state index < -0.39 is 6.10 Å². The van der Waals surface area contributed by atoms with E-state index >= 15 is 0 Å². The number of aliphatic hydroxyl groups is 1.